The molecule has 0 aliphatic carbocycles. The van der Waals surface area contributed by atoms with Gasteiger partial charge in [-0.25, -0.2) is 4.98 Å². The van der Waals surface area contributed by atoms with Crippen LogP contribution in [0.3, 0.4) is 0 Å². The van der Waals surface area contributed by atoms with Gasteiger partial charge in [0, 0.05) is 10.9 Å². The number of anilines is 1. The van der Waals surface area contributed by atoms with E-state index < -0.39 is 23.7 Å². The van der Waals surface area contributed by atoms with E-state index in [0.717, 1.165) is 0 Å². The van der Waals surface area contributed by atoms with Crippen LogP contribution in [0.1, 0.15) is 48.5 Å². The Morgan fingerprint density at radius 3 is 2.21 bits per heavy atom. The molecule has 2 heterocycles. The van der Waals surface area contributed by atoms with Gasteiger partial charge in [0.1, 0.15) is 3.70 Å². The number of hydrogen-bond donors (Lipinski definition) is 1. The van der Waals surface area contributed by atoms with Gasteiger partial charge in [0.05, 0.1) is 16.9 Å². The fourth-order valence-corrected chi connectivity index (χ4v) is 3.05. The molecule has 5 nitrogen and oxygen atoms in total. The zero-order valence-electron chi connectivity index (χ0n) is 15.1. The highest BCUT2D eigenvalue weighted by Gasteiger charge is 2.52. The number of nitrogens with zero attached hydrogens (tertiary/aromatic N) is 1. The van der Waals surface area contributed by atoms with E-state index in [4.69, 9.17) is 20.9 Å². The van der Waals surface area contributed by atoms with Crippen molar-refractivity contribution in [2.75, 3.05) is 5.32 Å². The number of rotatable bonds is 2. The predicted octanol–water partition coefficient (Wildman–Crippen LogP) is 3.62. The third-order valence-electron chi connectivity index (χ3n) is 4.40. The minimum atomic E-state index is -0.626. The lowest BCUT2D eigenvalue weighted by molar-refractivity contribution is -0.123. The van der Waals surface area contributed by atoms with Crippen molar-refractivity contribution in [1.82, 2.24) is 4.98 Å². The van der Waals surface area contributed by atoms with Crippen LogP contribution in [-0.2, 0) is 14.1 Å². The van der Waals surface area contributed by atoms with Crippen LogP contribution in [0.2, 0.25) is 5.15 Å². The minimum Gasteiger partial charge on any atom is -0.399 e. The van der Waals surface area contributed by atoms with Crippen molar-refractivity contribution in [2.45, 2.75) is 59.7 Å². The molecule has 1 N–H and O–H groups in total. The molecule has 0 radical (unpaired) electrons. The van der Waals surface area contributed by atoms with E-state index in [1.165, 1.54) is 0 Å². The number of halogens is 2. The molecule has 24 heavy (non-hydrogen) atoms. The van der Waals surface area contributed by atoms with Crippen molar-refractivity contribution in [2.24, 2.45) is 5.41 Å². The standard InChI is InChI=1S/C16H23BClIN2O3/c1-14(2,3)13(22)21-11-9(8-10(19)20-12(11)18)17-23-15(4,5)16(6,7)24-17/h8H,1-7H3,(H,21,22). The highest BCUT2D eigenvalue weighted by molar-refractivity contribution is 14.1. The van der Waals surface area contributed by atoms with Gasteiger partial charge in [-0.15, -0.1) is 0 Å². The summed E-state index contributed by atoms with van der Waals surface area (Å²) in [5.74, 6) is -0.148. The molecule has 0 saturated carbocycles. The number of aromatic nitrogens is 1. The van der Waals surface area contributed by atoms with Gasteiger partial charge >= 0.3 is 7.12 Å². The lowest BCUT2D eigenvalue weighted by atomic mass is 9.78. The molecule has 1 saturated heterocycles. The van der Waals surface area contributed by atoms with Crippen LogP contribution >= 0.6 is 34.2 Å². The van der Waals surface area contributed by atoms with Crippen LogP contribution in [0.5, 0.6) is 0 Å². The Morgan fingerprint density at radius 2 is 1.75 bits per heavy atom. The molecule has 8 heteroatoms. The zero-order chi connectivity index (χ0) is 18.5. The molecule has 0 spiro atoms. The first-order valence-corrected chi connectivity index (χ1v) is 9.23. The topological polar surface area (TPSA) is 60.5 Å². The van der Waals surface area contributed by atoms with Crippen LogP contribution < -0.4 is 10.8 Å². The molecule has 0 bridgehead atoms. The van der Waals surface area contributed by atoms with Gasteiger partial charge in [0.2, 0.25) is 5.91 Å². The summed E-state index contributed by atoms with van der Waals surface area (Å²) >= 11 is 8.39. The number of pyridine rings is 1. The maximum atomic E-state index is 12.4. The Hall–Kier alpha value is -0.375. The summed E-state index contributed by atoms with van der Waals surface area (Å²) in [5.41, 5.74) is -0.403. The average molecular weight is 465 g/mol. The van der Waals surface area contributed by atoms with Gasteiger partial charge in [-0.2, -0.15) is 0 Å². The Bertz CT molecular complexity index is 658. The fourth-order valence-electron chi connectivity index (χ4n) is 2.08. The molecular weight excluding hydrogens is 441 g/mol. The third-order valence-corrected chi connectivity index (χ3v) is 5.23. The Balaban J connectivity index is 2.46. The van der Waals surface area contributed by atoms with E-state index in [2.05, 4.69) is 32.9 Å². The van der Waals surface area contributed by atoms with Crippen molar-refractivity contribution >= 4 is 58.4 Å². The molecule has 0 unspecified atom stereocenters. The molecule has 1 aliphatic rings. The van der Waals surface area contributed by atoms with Crippen LogP contribution in [-0.4, -0.2) is 29.2 Å². The van der Waals surface area contributed by atoms with E-state index >= 15 is 0 Å². The molecule has 1 amide bonds. The van der Waals surface area contributed by atoms with Gasteiger partial charge < -0.3 is 14.6 Å². The Labute approximate surface area is 162 Å². The van der Waals surface area contributed by atoms with Crippen molar-refractivity contribution in [3.05, 3.63) is 14.9 Å². The monoisotopic (exact) mass is 464 g/mol. The quantitative estimate of drug-likeness (QED) is 0.413. The molecule has 0 aromatic carbocycles. The molecule has 2 rings (SSSR count). The zero-order valence-corrected chi connectivity index (χ0v) is 18.0. The highest BCUT2D eigenvalue weighted by Crippen LogP contribution is 2.37. The smallest absolute Gasteiger partial charge is 0.399 e. The first-order valence-electron chi connectivity index (χ1n) is 7.77. The number of nitrogens with one attached hydrogen (secondary N) is 1. The maximum Gasteiger partial charge on any atom is 0.497 e. The van der Waals surface area contributed by atoms with Crippen molar-refractivity contribution in [3.8, 4) is 0 Å². The summed E-state index contributed by atoms with van der Waals surface area (Å²) in [6.07, 6.45) is 0. The molecule has 132 valence electrons. The average Bonchev–Trinajstić information content (AvgIpc) is 2.59. The summed E-state index contributed by atoms with van der Waals surface area (Å²) < 4.78 is 12.9. The summed E-state index contributed by atoms with van der Waals surface area (Å²) in [7, 11) is -0.626. The normalized spacial score (nSPS) is 19.5. The van der Waals surface area contributed by atoms with Crippen LogP contribution in [0.25, 0.3) is 0 Å². The van der Waals surface area contributed by atoms with Gasteiger partial charge in [-0.05, 0) is 56.4 Å². The first kappa shape index (κ1) is 19.9. The number of carbonyl (C=O) groups is 1. The fraction of sp³-hybridized carbons (Fsp3) is 0.625. The Kier molecular flexibility index (Phi) is 5.33. The Morgan fingerprint density at radius 1 is 1.25 bits per heavy atom. The highest BCUT2D eigenvalue weighted by atomic mass is 127. The predicted molar refractivity (Wildman–Crippen MR) is 106 cm³/mol. The van der Waals surface area contributed by atoms with Crippen molar-refractivity contribution < 1.29 is 14.1 Å². The molecule has 1 fully saturated rings. The second-order valence-electron chi connectivity index (χ2n) is 7.99. The van der Waals surface area contributed by atoms with Crippen molar-refractivity contribution in [1.29, 1.82) is 0 Å². The third kappa shape index (κ3) is 3.89. The minimum absolute atomic E-state index is 0.148. The van der Waals surface area contributed by atoms with E-state index in [1.807, 2.05) is 54.5 Å². The largest absolute Gasteiger partial charge is 0.497 e. The van der Waals surface area contributed by atoms with Crippen LogP contribution in [0.4, 0.5) is 5.69 Å². The first-order chi connectivity index (χ1) is 10.7. The summed E-state index contributed by atoms with van der Waals surface area (Å²) in [6.45, 7) is 13.4. The molecule has 1 aromatic rings. The second kappa shape index (κ2) is 6.41. The lowest BCUT2D eigenvalue weighted by Gasteiger charge is -2.32. The summed E-state index contributed by atoms with van der Waals surface area (Å²) in [6, 6.07) is 1.83. The van der Waals surface area contributed by atoms with Crippen LogP contribution in [0, 0.1) is 9.12 Å². The molecule has 1 aromatic heterocycles. The SMILES string of the molecule is CC(C)(C)C(=O)Nc1c(B2OC(C)(C)C(C)(C)O2)cc(I)nc1Cl. The van der Waals surface area contributed by atoms with Gasteiger partial charge in [-0.3, -0.25) is 4.79 Å². The van der Waals surface area contributed by atoms with E-state index in [0.29, 0.717) is 14.9 Å². The number of hydrogen-bond acceptors (Lipinski definition) is 4. The lowest BCUT2D eigenvalue weighted by Crippen LogP contribution is -2.41. The number of amides is 1. The van der Waals surface area contributed by atoms with Gasteiger partial charge in [0.25, 0.3) is 0 Å². The van der Waals surface area contributed by atoms with E-state index in [9.17, 15) is 4.79 Å². The van der Waals surface area contributed by atoms with E-state index in [-0.39, 0.29) is 11.1 Å². The van der Waals surface area contributed by atoms with Gasteiger partial charge in [0.15, 0.2) is 5.15 Å². The van der Waals surface area contributed by atoms with Crippen LogP contribution in [0.15, 0.2) is 6.07 Å². The molecule has 0 atom stereocenters. The number of carbonyl (C=O) groups excluding carboxylic acids is 1. The summed E-state index contributed by atoms with van der Waals surface area (Å²) in [4.78, 5) is 16.7. The molecular formula is C16H23BClIN2O3. The second-order valence-corrected chi connectivity index (χ2v) is 9.46. The van der Waals surface area contributed by atoms with Crippen molar-refractivity contribution in [3.63, 3.8) is 0 Å². The van der Waals surface area contributed by atoms with Gasteiger partial charge in [-0.1, -0.05) is 32.4 Å². The van der Waals surface area contributed by atoms with E-state index in [1.54, 1.807) is 0 Å². The molecule has 1 aliphatic heterocycles. The summed E-state index contributed by atoms with van der Waals surface area (Å²) in [5, 5.41) is 3.11. The maximum absolute atomic E-state index is 12.4.